The summed E-state index contributed by atoms with van der Waals surface area (Å²) >= 11 is 3.27. The van der Waals surface area contributed by atoms with Crippen molar-refractivity contribution in [1.29, 1.82) is 0 Å². The number of rotatable bonds is 3. The van der Waals surface area contributed by atoms with E-state index in [1.807, 2.05) is 42.7 Å². The van der Waals surface area contributed by atoms with Crippen LogP contribution in [0.15, 0.2) is 46.8 Å². The maximum absolute atomic E-state index is 6.08. The van der Waals surface area contributed by atoms with E-state index in [2.05, 4.69) is 4.98 Å². The van der Waals surface area contributed by atoms with Gasteiger partial charge in [0.05, 0.1) is 10.2 Å². The Hall–Kier alpha value is -1.72. The lowest BCUT2D eigenvalue weighted by molar-refractivity contribution is 0.485. The fourth-order valence-corrected chi connectivity index (χ4v) is 2.89. The Kier molecular flexibility index (Phi) is 3.31. The van der Waals surface area contributed by atoms with Gasteiger partial charge in [-0.3, -0.25) is 0 Å². The molecule has 5 heteroatoms. The molecule has 0 aliphatic heterocycles. The maximum Gasteiger partial charge on any atom is 0.152 e. The first kappa shape index (κ1) is 12.3. The van der Waals surface area contributed by atoms with Crippen molar-refractivity contribution in [3.8, 4) is 11.5 Å². The number of ether oxygens (including phenoxy) is 1. The Balaban J connectivity index is 1.93. The average Bonchev–Trinajstić information content (AvgIpc) is 2.92. The number of nitrogen functional groups attached to an aromatic ring is 1. The maximum atomic E-state index is 6.08. The molecule has 0 radical (unpaired) electrons. The van der Waals surface area contributed by atoms with E-state index in [1.54, 1.807) is 28.6 Å². The van der Waals surface area contributed by atoms with Gasteiger partial charge < -0.3 is 10.5 Å². The van der Waals surface area contributed by atoms with E-state index in [-0.39, 0.29) is 0 Å². The number of fused-ring (bicyclic) bond motifs is 1. The quantitative estimate of drug-likeness (QED) is 0.573. The van der Waals surface area contributed by atoms with Gasteiger partial charge in [-0.25, -0.2) is 4.98 Å². The van der Waals surface area contributed by atoms with Crippen LogP contribution in [0.5, 0.6) is 11.5 Å². The monoisotopic (exact) mass is 288 g/mol. The molecule has 0 aliphatic carbocycles. The molecule has 0 aliphatic rings. The molecule has 0 spiro atoms. The molecule has 3 rings (SSSR count). The summed E-state index contributed by atoms with van der Waals surface area (Å²) in [4.78, 5) is 5.46. The molecule has 1 aromatic heterocycles. The van der Waals surface area contributed by atoms with Gasteiger partial charge in [-0.15, -0.1) is 23.1 Å². The number of anilines is 1. The van der Waals surface area contributed by atoms with Crippen molar-refractivity contribution >= 4 is 39.0 Å². The van der Waals surface area contributed by atoms with E-state index in [0.717, 1.165) is 16.0 Å². The lowest BCUT2D eigenvalue weighted by Gasteiger charge is -2.09. The van der Waals surface area contributed by atoms with Gasteiger partial charge in [0.1, 0.15) is 17.0 Å². The SMILES string of the molecule is CSc1ccc(Oc2ccc3scnc3c2N)cc1. The zero-order valence-electron chi connectivity index (χ0n) is 10.3. The number of thioether (sulfide) groups is 1. The third-order valence-corrected chi connectivity index (χ3v) is 4.33. The summed E-state index contributed by atoms with van der Waals surface area (Å²) in [5, 5.41) is 0. The van der Waals surface area contributed by atoms with E-state index in [4.69, 9.17) is 10.5 Å². The molecule has 1 heterocycles. The van der Waals surface area contributed by atoms with Crippen LogP contribution in [0.25, 0.3) is 10.2 Å². The molecule has 2 N–H and O–H groups in total. The normalized spacial score (nSPS) is 10.8. The fraction of sp³-hybridized carbons (Fsp3) is 0.0714. The van der Waals surface area contributed by atoms with Crippen LogP contribution in [0.1, 0.15) is 0 Å². The Bertz CT molecular complexity index is 707. The van der Waals surface area contributed by atoms with Gasteiger partial charge in [-0.1, -0.05) is 0 Å². The first-order chi connectivity index (χ1) is 9.28. The average molecular weight is 288 g/mol. The van der Waals surface area contributed by atoms with Crippen LogP contribution in [-0.2, 0) is 0 Å². The largest absolute Gasteiger partial charge is 0.455 e. The van der Waals surface area contributed by atoms with E-state index in [0.29, 0.717) is 11.4 Å². The number of thiazole rings is 1. The Labute approximate surface area is 119 Å². The van der Waals surface area contributed by atoms with Gasteiger partial charge in [0, 0.05) is 4.90 Å². The van der Waals surface area contributed by atoms with Gasteiger partial charge in [0.2, 0.25) is 0 Å². The molecule has 19 heavy (non-hydrogen) atoms. The van der Waals surface area contributed by atoms with Crippen LogP contribution in [-0.4, -0.2) is 11.2 Å². The molecule has 2 aromatic carbocycles. The van der Waals surface area contributed by atoms with Gasteiger partial charge in [-0.2, -0.15) is 0 Å². The second kappa shape index (κ2) is 5.11. The highest BCUT2D eigenvalue weighted by Crippen LogP contribution is 2.34. The van der Waals surface area contributed by atoms with Crippen molar-refractivity contribution in [1.82, 2.24) is 4.98 Å². The van der Waals surface area contributed by atoms with E-state index < -0.39 is 0 Å². The van der Waals surface area contributed by atoms with Crippen LogP contribution < -0.4 is 10.5 Å². The molecule has 0 amide bonds. The summed E-state index contributed by atoms with van der Waals surface area (Å²) in [6, 6.07) is 11.8. The third-order valence-electron chi connectivity index (χ3n) is 2.79. The van der Waals surface area contributed by atoms with Crippen molar-refractivity contribution in [2.45, 2.75) is 4.90 Å². The summed E-state index contributed by atoms with van der Waals surface area (Å²) in [5.74, 6) is 1.43. The van der Waals surface area contributed by atoms with Gasteiger partial charge in [0.25, 0.3) is 0 Å². The predicted octanol–water partition coefficient (Wildman–Crippen LogP) is 4.39. The first-order valence-electron chi connectivity index (χ1n) is 5.71. The van der Waals surface area contributed by atoms with Gasteiger partial charge >= 0.3 is 0 Å². The molecule has 0 saturated carbocycles. The summed E-state index contributed by atoms with van der Waals surface area (Å²) in [6.45, 7) is 0. The number of hydrogen-bond donors (Lipinski definition) is 1. The standard InChI is InChI=1S/C14H12N2OS2/c1-18-10-4-2-9(3-5-10)17-11-6-7-12-14(13(11)15)16-8-19-12/h2-8H,15H2,1H3. The van der Waals surface area contributed by atoms with Crippen molar-refractivity contribution in [2.24, 2.45) is 0 Å². The number of nitrogens with zero attached hydrogens (tertiary/aromatic N) is 1. The summed E-state index contributed by atoms with van der Waals surface area (Å²) in [7, 11) is 0. The molecular formula is C14H12N2OS2. The van der Waals surface area contributed by atoms with Crippen LogP contribution in [0.2, 0.25) is 0 Å². The van der Waals surface area contributed by atoms with Crippen LogP contribution in [0.4, 0.5) is 5.69 Å². The second-order valence-corrected chi connectivity index (χ2v) is 5.72. The third kappa shape index (κ3) is 2.39. The van der Waals surface area contributed by atoms with Crippen molar-refractivity contribution in [3.63, 3.8) is 0 Å². The van der Waals surface area contributed by atoms with Gasteiger partial charge in [-0.05, 0) is 42.7 Å². The lowest BCUT2D eigenvalue weighted by atomic mass is 10.2. The van der Waals surface area contributed by atoms with Crippen molar-refractivity contribution in [3.05, 3.63) is 41.9 Å². The summed E-state index contributed by atoms with van der Waals surface area (Å²) < 4.78 is 6.89. The summed E-state index contributed by atoms with van der Waals surface area (Å²) in [5.41, 5.74) is 9.27. The van der Waals surface area contributed by atoms with Crippen molar-refractivity contribution in [2.75, 3.05) is 12.0 Å². The van der Waals surface area contributed by atoms with E-state index in [9.17, 15) is 0 Å². The molecule has 0 unspecified atom stereocenters. The minimum absolute atomic E-state index is 0.590. The predicted molar refractivity (Wildman–Crippen MR) is 82.3 cm³/mol. The highest BCUT2D eigenvalue weighted by molar-refractivity contribution is 7.98. The van der Waals surface area contributed by atoms with Crippen LogP contribution >= 0.6 is 23.1 Å². The molecule has 0 fully saturated rings. The van der Waals surface area contributed by atoms with E-state index in [1.165, 1.54) is 4.90 Å². The zero-order valence-corrected chi connectivity index (χ0v) is 11.9. The second-order valence-electron chi connectivity index (χ2n) is 3.95. The molecular weight excluding hydrogens is 276 g/mol. The minimum atomic E-state index is 0.590. The highest BCUT2D eigenvalue weighted by Gasteiger charge is 2.08. The minimum Gasteiger partial charge on any atom is -0.455 e. The van der Waals surface area contributed by atoms with Crippen LogP contribution in [0, 0.1) is 0 Å². The first-order valence-corrected chi connectivity index (χ1v) is 7.82. The molecule has 3 aromatic rings. The highest BCUT2D eigenvalue weighted by atomic mass is 32.2. The number of hydrogen-bond acceptors (Lipinski definition) is 5. The molecule has 0 saturated heterocycles. The number of benzene rings is 2. The summed E-state index contributed by atoms with van der Waals surface area (Å²) in [6.07, 6.45) is 2.05. The number of nitrogens with two attached hydrogens (primary N) is 1. The van der Waals surface area contributed by atoms with Gasteiger partial charge in [0.15, 0.2) is 5.75 Å². The number of aromatic nitrogens is 1. The van der Waals surface area contributed by atoms with E-state index >= 15 is 0 Å². The molecule has 96 valence electrons. The topological polar surface area (TPSA) is 48.1 Å². The molecule has 0 bridgehead atoms. The Morgan fingerprint density at radius 1 is 1.16 bits per heavy atom. The van der Waals surface area contributed by atoms with Crippen LogP contribution in [0.3, 0.4) is 0 Å². The van der Waals surface area contributed by atoms with Crippen molar-refractivity contribution < 1.29 is 4.74 Å². The fourth-order valence-electron chi connectivity index (χ4n) is 1.79. The molecule has 3 nitrogen and oxygen atoms in total. The lowest BCUT2D eigenvalue weighted by Crippen LogP contribution is -1.93. The zero-order chi connectivity index (χ0) is 13.2. The Morgan fingerprint density at radius 2 is 1.95 bits per heavy atom. The Morgan fingerprint density at radius 3 is 2.68 bits per heavy atom. The molecule has 0 atom stereocenters. The smallest absolute Gasteiger partial charge is 0.152 e.